The molecule has 0 radical (unpaired) electrons. The average molecular weight is 452 g/mol. The molecule has 0 fully saturated rings. The van der Waals surface area contributed by atoms with Crippen LogP contribution in [0.3, 0.4) is 0 Å². The van der Waals surface area contributed by atoms with E-state index in [1.807, 2.05) is 27.8 Å². The maximum atomic E-state index is 11.8. The summed E-state index contributed by atoms with van der Waals surface area (Å²) in [5.74, 6) is 0.914. The van der Waals surface area contributed by atoms with E-state index in [9.17, 15) is 4.79 Å². The second-order valence-corrected chi connectivity index (χ2v) is 7.26. The van der Waals surface area contributed by atoms with Gasteiger partial charge in [0.25, 0.3) is 0 Å². The van der Waals surface area contributed by atoms with Gasteiger partial charge in [0.1, 0.15) is 0 Å². The van der Waals surface area contributed by atoms with Crippen LogP contribution in [-0.4, -0.2) is 50.5 Å². The van der Waals surface area contributed by atoms with Crippen LogP contribution in [0.1, 0.15) is 25.6 Å². The fourth-order valence-electron chi connectivity index (χ4n) is 1.84. The molecule has 0 aliphatic rings. The van der Waals surface area contributed by atoms with E-state index in [0.717, 1.165) is 18.9 Å². The van der Waals surface area contributed by atoms with E-state index >= 15 is 0 Å². The molecular weight excluding hydrogens is 423 g/mol. The molecule has 2 N–H and O–H groups in total. The Morgan fingerprint density at radius 3 is 2.48 bits per heavy atom. The minimum Gasteiger partial charge on any atom is -0.354 e. The Morgan fingerprint density at radius 2 is 1.96 bits per heavy atom. The van der Waals surface area contributed by atoms with E-state index in [1.54, 1.807) is 18.4 Å². The summed E-state index contributed by atoms with van der Waals surface area (Å²) in [6.45, 7) is 7.90. The van der Waals surface area contributed by atoms with Crippen LogP contribution in [0, 0.1) is 5.41 Å². The molecule has 23 heavy (non-hydrogen) atoms. The van der Waals surface area contributed by atoms with Crippen molar-refractivity contribution in [3.8, 4) is 0 Å². The maximum Gasteiger partial charge on any atom is 0.225 e. The zero-order valence-corrected chi connectivity index (χ0v) is 17.8. The molecule has 0 spiro atoms. The first kappa shape index (κ1) is 22.2. The van der Waals surface area contributed by atoms with Crippen LogP contribution >= 0.6 is 35.3 Å². The van der Waals surface area contributed by atoms with Crippen molar-refractivity contribution in [2.75, 3.05) is 33.7 Å². The van der Waals surface area contributed by atoms with E-state index in [2.05, 4.69) is 38.0 Å². The van der Waals surface area contributed by atoms with Crippen LogP contribution in [0.4, 0.5) is 0 Å². The van der Waals surface area contributed by atoms with Gasteiger partial charge in [-0.15, -0.1) is 35.3 Å². The van der Waals surface area contributed by atoms with Gasteiger partial charge in [-0.3, -0.25) is 9.79 Å². The lowest BCUT2D eigenvalue weighted by atomic mass is 9.96. The Morgan fingerprint density at radius 1 is 1.30 bits per heavy atom. The molecule has 7 heteroatoms. The number of carbonyl (C=O) groups is 1. The van der Waals surface area contributed by atoms with Crippen molar-refractivity contribution >= 4 is 47.2 Å². The predicted molar refractivity (Wildman–Crippen MR) is 110 cm³/mol. The lowest BCUT2D eigenvalue weighted by molar-refractivity contribution is -0.128. The first-order valence-electron chi connectivity index (χ1n) is 7.57. The quantitative estimate of drug-likeness (QED) is 0.302. The normalized spacial score (nSPS) is 11.6. The lowest BCUT2D eigenvalue weighted by Crippen LogP contribution is -2.44. The molecule has 0 saturated heterocycles. The average Bonchev–Trinajstić information content (AvgIpc) is 2.96. The Balaban J connectivity index is 0.00000484. The molecule has 5 nitrogen and oxygen atoms in total. The summed E-state index contributed by atoms with van der Waals surface area (Å²) in [6.07, 6.45) is 1.01. The predicted octanol–water partition coefficient (Wildman–Crippen LogP) is 2.58. The van der Waals surface area contributed by atoms with E-state index in [1.165, 1.54) is 4.88 Å². The van der Waals surface area contributed by atoms with Crippen molar-refractivity contribution in [2.45, 2.75) is 27.2 Å². The second kappa shape index (κ2) is 10.9. The SMILES string of the molecule is CN=C(NCCNC(=O)C(C)(C)C)N(C)CCc1cccs1.I. The van der Waals surface area contributed by atoms with Crippen molar-refractivity contribution in [1.82, 2.24) is 15.5 Å². The van der Waals surface area contributed by atoms with Crippen LogP contribution in [0.25, 0.3) is 0 Å². The fourth-order valence-corrected chi connectivity index (χ4v) is 2.54. The first-order valence-corrected chi connectivity index (χ1v) is 8.45. The number of nitrogens with zero attached hydrogens (tertiary/aromatic N) is 2. The molecule has 0 saturated carbocycles. The number of amides is 1. The van der Waals surface area contributed by atoms with Crippen molar-refractivity contribution in [3.63, 3.8) is 0 Å². The number of aliphatic imine (C=N–C) groups is 1. The molecule has 1 amide bonds. The van der Waals surface area contributed by atoms with Gasteiger partial charge >= 0.3 is 0 Å². The van der Waals surface area contributed by atoms with Crippen LogP contribution < -0.4 is 10.6 Å². The van der Waals surface area contributed by atoms with Gasteiger partial charge in [-0.1, -0.05) is 26.8 Å². The summed E-state index contributed by atoms with van der Waals surface area (Å²) < 4.78 is 0. The molecule has 1 heterocycles. The molecule has 0 aliphatic heterocycles. The molecule has 1 aromatic heterocycles. The van der Waals surface area contributed by atoms with Crippen LogP contribution in [0.5, 0.6) is 0 Å². The number of hydrogen-bond acceptors (Lipinski definition) is 3. The number of rotatable bonds is 6. The molecule has 0 bridgehead atoms. The zero-order chi connectivity index (χ0) is 16.6. The van der Waals surface area contributed by atoms with E-state index in [4.69, 9.17) is 0 Å². The molecular formula is C16H29IN4OS. The summed E-state index contributed by atoms with van der Waals surface area (Å²) in [5, 5.41) is 8.29. The van der Waals surface area contributed by atoms with Gasteiger partial charge in [-0.05, 0) is 17.9 Å². The molecule has 1 rings (SSSR count). The number of nitrogens with one attached hydrogen (secondary N) is 2. The molecule has 0 aliphatic carbocycles. The zero-order valence-electron chi connectivity index (χ0n) is 14.7. The van der Waals surface area contributed by atoms with Crippen molar-refractivity contribution in [3.05, 3.63) is 22.4 Å². The highest BCUT2D eigenvalue weighted by atomic mass is 127. The van der Waals surface area contributed by atoms with E-state index < -0.39 is 0 Å². The van der Waals surface area contributed by atoms with Crippen molar-refractivity contribution < 1.29 is 4.79 Å². The maximum absolute atomic E-state index is 11.8. The number of carbonyl (C=O) groups excluding carboxylic acids is 1. The van der Waals surface area contributed by atoms with Crippen LogP contribution in [-0.2, 0) is 11.2 Å². The topological polar surface area (TPSA) is 56.7 Å². The monoisotopic (exact) mass is 452 g/mol. The van der Waals surface area contributed by atoms with Crippen molar-refractivity contribution in [1.29, 1.82) is 0 Å². The number of thiophene rings is 1. The fraction of sp³-hybridized carbons (Fsp3) is 0.625. The third kappa shape index (κ3) is 8.55. The van der Waals surface area contributed by atoms with Gasteiger partial charge in [-0.25, -0.2) is 0 Å². The molecule has 1 aromatic rings. The van der Waals surface area contributed by atoms with Crippen molar-refractivity contribution in [2.24, 2.45) is 10.4 Å². The lowest BCUT2D eigenvalue weighted by Gasteiger charge is -2.22. The summed E-state index contributed by atoms with van der Waals surface area (Å²) >= 11 is 1.78. The summed E-state index contributed by atoms with van der Waals surface area (Å²) in [5.41, 5.74) is -0.348. The highest BCUT2D eigenvalue weighted by Gasteiger charge is 2.20. The number of guanidine groups is 1. The number of halogens is 1. The third-order valence-corrected chi connectivity index (χ3v) is 4.16. The van der Waals surface area contributed by atoms with Crippen LogP contribution in [0.15, 0.2) is 22.5 Å². The smallest absolute Gasteiger partial charge is 0.225 e. The van der Waals surface area contributed by atoms with Crippen LogP contribution in [0.2, 0.25) is 0 Å². The molecule has 0 atom stereocenters. The highest BCUT2D eigenvalue weighted by molar-refractivity contribution is 14.0. The minimum atomic E-state index is -0.348. The Bertz CT molecular complexity index is 483. The minimum absolute atomic E-state index is 0. The van der Waals surface area contributed by atoms with Gasteiger partial charge in [0.2, 0.25) is 5.91 Å². The second-order valence-electron chi connectivity index (χ2n) is 6.23. The standard InChI is InChI=1S/C16H28N4OS.HI/c1-16(2,3)14(21)18-9-10-19-15(17-4)20(5)11-8-13-7-6-12-22-13;/h6-7,12H,8-11H2,1-5H3,(H,17,19)(H,18,21);1H. The summed E-state index contributed by atoms with van der Waals surface area (Å²) in [4.78, 5) is 19.5. The van der Waals surface area contributed by atoms with Gasteiger partial charge in [-0.2, -0.15) is 0 Å². The van der Waals surface area contributed by atoms with Gasteiger partial charge < -0.3 is 15.5 Å². The van der Waals surface area contributed by atoms with Gasteiger partial charge in [0.15, 0.2) is 5.96 Å². The molecule has 0 aromatic carbocycles. The first-order chi connectivity index (χ1) is 10.3. The number of hydrogen-bond donors (Lipinski definition) is 2. The summed E-state index contributed by atoms with van der Waals surface area (Å²) in [7, 11) is 3.80. The Kier molecular flexibility index (Phi) is 10.5. The Labute approximate surface area is 161 Å². The van der Waals surface area contributed by atoms with Gasteiger partial charge in [0, 0.05) is 44.0 Å². The van der Waals surface area contributed by atoms with E-state index in [0.29, 0.717) is 13.1 Å². The number of likely N-dealkylation sites (N-methyl/N-ethyl adjacent to an activating group) is 1. The summed E-state index contributed by atoms with van der Waals surface area (Å²) in [6, 6.07) is 4.22. The highest BCUT2D eigenvalue weighted by Crippen LogP contribution is 2.12. The largest absolute Gasteiger partial charge is 0.354 e. The van der Waals surface area contributed by atoms with Gasteiger partial charge in [0.05, 0.1) is 0 Å². The third-order valence-electron chi connectivity index (χ3n) is 3.22. The molecule has 132 valence electrons. The Hall–Kier alpha value is -0.830. The molecule has 0 unspecified atom stereocenters. The van der Waals surface area contributed by atoms with E-state index in [-0.39, 0.29) is 35.3 Å².